The molecule has 2 atom stereocenters. The highest BCUT2D eigenvalue weighted by atomic mass is 35.5. The predicted molar refractivity (Wildman–Crippen MR) is 81.9 cm³/mol. The van der Waals surface area contributed by atoms with Crippen LogP contribution in [0.25, 0.3) is 0 Å². The second-order valence-corrected chi connectivity index (χ2v) is 6.71. The molecule has 0 aliphatic heterocycles. The molecule has 0 aromatic heterocycles. The van der Waals surface area contributed by atoms with Crippen LogP contribution in [0.3, 0.4) is 0 Å². The fourth-order valence-electron chi connectivity index (χ4n) is 3.75. The number of nitrogens with zero attached hydrogens (tertiary/aromatic N) is 1. The molecular formula is C16H20ClNO3. The third-order valence-electron chi connectivity index (χ3n) is 5.05. The molecule has 0 bridgehead atoms. The van der Waals surface area contributed by atoms with Gasteiger partial charge in [0.25, 0.3) is 0 Å². The minimum absolute atomic E-state index is 0.0131. The second kappa shape index (κ2) is 5.84. The van der Waals surface area contributed by atoms with Crippen molar-refractivity contribution in [3.63, 3.8) is 0 Å². The molecule has 0 amide bonds. The molecule has 1 spiro atoms. The van der Waals surface area contributed by atoms with Crippen LogP contribution in [0, 0.1) is 15.5 Å². The number of nitro groups is 1. The van der Waals surface area contributed by atoms with Crippen molar-refractivity contribution in [3.05, 3.63) is 34.4 Å². The number of rotatable bonds is 3. The van der Waals surface area contributed by atoms with Gasteiger partial charge in [-0.2, -0.15) is 0 Å². The summed E-state index contributed by atoms with van der Waals surface area (Å²) < 4.78 is 6.04. The van der Waals surface area contributed by atoms with Gasteiger partial charge in [0, 0.05) is 23.3 Å². The molecule has 21 heavy (non-hydrogen) atoms. The van der Waals surface area contributed by atoms with Crippen LogP contribution in [0.4, 0.5) is 5.69 Å². The highest BCUT2D eigenvalue weighted by molar-refractivity contribution is 6.21. The number of hydrogen-bond acceptors (Lipinski definition) is 3. The van der Waals surface area contributed by atoms with Gasteiger partial charge in [-0.15, -0.1) is 11.6 Å². The lowest BCUT2D eigenvalue weighted by Crippen LogP contribution is -2.57. The van der Waals surface area contributed by atoms with Gasteiger partial charge in [-0.3, -0.25) is 10.1 Å². The van der Waals surface area contributed by atoms with Crippen LogP contribution in [0.15, 0.2) is 24.3 Å². The van der Waals surface area contributed by atoms with Crippen molar-refractivity contribution in [2.75, 3.05) is 0 Å². The third-order valence-corrected chi connectivity index (χ3v) is 5.66. The van der Waals surface area contributed by atoms with Gasteiger partial charge in [0.05, 0.1) is 4.92 Å². The number of nitro benzene ring substituents is 1. The predicted octanol–water partition coefficient (Wildman–Crippen LogP) is 4.69. The van der Waals surface area contributed by atoms with E-state index in [9.17, 15) is 10.1 Å². The van der Waals surface area contributed by atoms with Gasteiger partial charge in [0.2, 0.25) is 0 Å². The highest BCUT2D eigenvalue weighted by Crippen LogP contribution is 2.55. The Hall–Kier alpha value is -1.29. The molecule has 4 nitrogen and oxygen atoms in total. The molecule has 1 aromatic rings. The topological polar surface area (TPSA) is 52.4 Å². The first kappa shape index (κ1) is 14.6. The fraction of sp³-hybridized carbons (Fsp3) is 0.625. The van der Waals surface area contributed by atoms with Crippen LogP contribution < -0.4 is 4.74 Å². The molecular weight excluding hydrogens is 290 g/mol. The lowest BCUT2D eigenvalue weighted by molar-refractivity contribution is -0.386. The van der Waals surface area contributed by atoms with Crippen molar-refractivity contribution in [3.8, 4) is 5.75 Å². The van der Waals surface area contributed by atoms with E-state index < -0.39 is 0 Å². The molecule has 0 N–H and O–H groups in total. The maximum absolute atomic E-state index is 11.1. The van der Waals surface area contributed by atoms with Gasteiger partial charge < -0.3 is 4.74 Å². The van der Waals surface area contributed by atoms with Gasteiger partial charge in [0.1, 0.15) is 6.10 Å². The molecule has 0 saturated heterocycles. The van der Waals surface area contributed by atoms with E-state index in [4.69, 9.17) is 16.3 Å². The summed E-state index contributed by atoms with van der Waals surface area (Å²) in [4.78, 5) is 10.7. The monoisotopic (exact) mass is 309 g/mol. The van der Waals surface area contributed by atoms with Gasteiger partial charge in [0.15, 0.2) is 5.75 Å². The number of benzene rings is 1. The molecule has 2 fully saturated rings. The first-order valence-electron chi connectivity index (χ1n) is 7.68. The normalized spacial score (nSPS) is 27.7. The number of ether oxygens (including phenoxy) is 1. The third kappa shape index (κ3) is 2.61. The van der Waals surface area contributed by atoms with Crippen molar-refractivity contribution in [1.82, 2.24) is 0 Å². The molecule has 5 heteroatoms. The van der Waals surface area contributed by atoms with Crippen molar-refractivity contribution < 1.29 is 9.66 Å². The molecule has 2 aliphatic carbocycles. The lowest BCUT2D eigenvalue weighted by Gasteiger charge is -2.52. The van der Waals surface area contributed by atoms with E-state index in [0.29, 0.717) is 5.75 Å². The van der Waals surface area contributed by atoms with E-state index in [0.717, 1.165) is 19.3 Å². The van der Waals surface area contributed by atoms with Crippen LogP contribution >= 0.6 is 11.6 Å². The SMILES string of the molecule is O=[N+]([O-])c1ccccc1OC1CC(Cl)C12CCCCCC2. The fourth-order valence-corrected chi connectivity index (χ4v) is 4.27. The summed E-state index contributed by atoms with van der Waals surface area (Å²) in [5.41, 5.74) is 0.0567. The van der Waals surface area contributed by atoms with E-state index in [1.165, 1.54) is 31.7 Å². The van der Waals surface area contributed by atoms with Gasteiger partial charge in [-0.05, 0) is 18.9 Å². The summed E-state index contributed by atoms with van der Waals surface area (Å²) in [6.45, 7) is 0. The van der Waals surface area contributed by atoms with Crippen LogP contribution in [0.5, 0.6) is 5.75 Å². The van der Waals surface area contributed by atoms with Crippen molar-refractivity contribution in [2.24, 2.45) is 5.41 Å². The average molecular weight is 310 g/mol. The van der Waals surface area contributed by atoms with E-state index in [-0.39, 0.29) is 27.5 Å². The minimum Gasteiger partial charge on any atom is -0.483 e. The molecule has 114 valence electrons. The number of para-hydroxylation sites is 2. The van der Waals surface area contributed by atoms with Crippen LogP contribution in [-0.4, -0.2) is 16.4 Å². The Kier molecular flexibility index (Phi) is 4.07. The smallest absolute Gasteiger partial charge is 0.310 e. The maximum Gasteiger partial charge on any atom is 0.310 e. The summed E-state index contributed by atoms with van der Waals surface area (Å²) in [5.74, 6) is 0.375. The number of halogens is 1. The Morgan fingerprint density at radius 2 is 1.86 bits per heavy atom. The van der Waals surface area contributed by atoms with Crippen LogP contribution in [0.2, 0.25) is 0 Å². The Labute approximate surface area is 129 Å². The zero-order valence-corrected chi connectivity index (χ0v) is 12.7. The number of hydrogen-bond donors (Lipinski definition) is 0. The van der Waals surface area contributed by atoms with Crippen molar-refractivity contribution in [1.29, 1.82) is 0 Å². The summed E-state index contributed by atoms with van der Waals surface area (Å²) in [6.07, 6.45) is 7.82. The molecule has 1 aromatic carbocycles. The van der Waals surface area contributed by atoms with Crippen molar-refractivity contribution >= 4 is 17.3 Å². The maximum atomic E-state index is 11.1. The molecule has 0 heterocycles. The Bertz CT molecular complexity index is 526. The molecule has 0 radical (unpaired) electrons. The molecule has 2 unspecified atom stereocenters. The molecule has 2 saturated carbocycles. The van der Waals surface area contributed by atoms with Crippen molar-refractivity contribution in [2.45, 2.75) is 56.4 Å². The summed E-state index contributed by atoms with van der Waals surface area (Å²) in [6, 6.07) is 6.62. The molecule has 3 rings (SSSR count). The second-order valence-electron chi connectivity index (χ2n) is 6.18. The molecule has 2 aliphatic rings. The first-order chi connectivity index (χ1) is 10.1. The number of alkyl halides is 1. The van der Waals surface area contributed by atoms with Gasteiger partial charge >= 0.3 is 5.69 Å². The van der Waals surface area contributed by atoms with E-state index in [1.54, 1.807) is 18.2 Å². The van der Waals surface area contributed by atoms with Crippen LogP contribution in [0.1, 0.15) is 44.9 Å². The van der Waals surface area contributed by atoms with Gasteiger partial charge in [-0.25, -0.2) is 0 Å². The van der Waals surface area contributed by atoms with E-state index >= 15 is 0 Å². The largest absolute Gasteiger partial charge is 0.483 e. The Morgan fingerprint density at radius 3 is 2.48 bits per heavy atom. The van der Waals surface area contributed by atoms with Crippen LogP contribution in [-0.2, 0) is 0 Å². The average Bonchev–Trinajstić information content (AvgIpc) is 2.75. The Morgan fingerprint density at radius 1 is 1.19 bits per heavy atom. The summed E-state index contributed by atoms with van der Waals surface area (Å²) >= 11 is 6.51. The quantitative estimate of drug-likeness (QED) is 0.462. The minimum atomic E-state index is -0.383. The van der Waals surface area contributed by atoms with E-state index in [1.807, 2.05) is 0 Å². The first-order valence-corrected chi connectivity index (χ1v) is 8.11. The summed E-state index contributed by atoms with van der Waals surface area (Å²) in [5, 5.41) is 11.2. The van der Waals surface area contributed by atoms with E-state index in [2.05, 4.69) is 0 Å². The highest BCUT2D eigenvalue weighted by Gasteiger charge is 2.55. The van der Waals surface area contributed by atoms with Gasteiger partial charge in [-0.1, -0.05) is 37.8 Å². The zero-order valence-electron chi connectivity index (χ0n) is 12.0. The Balaban J connectivity index is 1.80. The zero-order chi connectivity index (χ0) is 14.9. The lowest BCUT2D eigenvalue weighted by atomic mass is 9.61. The summed E-state index contributed by atoms with van der Waals surface area (Å²) in [7, 11) is 0. The standard InChI is InChI=1S/C16H20ClNO3/c17-14-11-15(16(14)9-5-1-2-6-10-16)21-13-8-4-3-7-12(13)18(19)20/h3-4,7-8,14-15H,1-2,5-6,9-11H2.